The highest BCUT2D eigenvalue weighted by molar-refractivity contribution is 5.82. The minimum atomic E-state index is -4.78. The van der Waals surface area contributed by atoms with Gasteiger partial charge in [0.2, 0.25) is 5.82 Å². The van der Waals surface area contributed by atoms with Crippen molar-refractivity contribution in [3.8, 4) is 0 Å². The Labute approximate surface area is 101 Å². The summed E-state index contributed by atoms with van der Waals surface area (Å²) in [4.78, 5) is 24.1. The van der Waals surface area contributed by atoms with E-state index in [1.165, 1.54) is 0 Å². The maximum Gasteiger partial charge on any atom is 0.449 e. The lowest BCUT2D eigenvalue weighted by Gasteiger charge is -1.98. The maximum atomic E-state index is 12.4. The van der Waals surface area contributed by atoms with E-state index in [1.807, 2.05) is 4.98 Å². The number of nitro benzene ring substituents is 2. The number of aromatic nitrogens is 2. The van der Waals surface area contributed by atoms with E-state index in [0.717, 1.165) is 0 Å². The molecule has 1 N–H and O–H groups in total. The largest absolute Gasteiger partial charge is 0.449 e. The molecule has 100 valence electrons. The summed E-state index contributed by atoms with van der Waals surface area (Å²) < 4.78 is 37.1. The predicted molar refractivity (Wildman–Crippen MR) is 54.4 cm³/mol. The minimum Gasteiger partial charge on any atom is -0.334 e. The molecule has 0 aliphatic carbocycles. The van der Waals surface area contributed by atoms with Gasteiger partial charge in [-0.25, -0.2) is 4.98 Å². The first kappa shape index (κ1) is 12.7. The van der Waals surface area contributed by atoms with Gasteiger partial charge < -0.3 is 4.98 Å². The summed E-state index contributed by atoms with van der Waals surface area (Å²) in [5, 5.41) is 21.2. The van der Waals surface area contributed by atoms with E-state index >= 15 is 0 Å². The van der Waals surface area contributed by atoms with Gasteiger partial charge in [0.25, 0.3) is 0 Å². The molecule has 0 fully saturated rings. The van der Waals surface area contributed by atoms with Crippen LogP contribution in [0.4, 0.5) is 24.5 Å². The van der Waals surface area contributed by atoms with Crippen LogP contribution >= 0.6 is 0 Å². The van der Waals surface area contributed by atoms with E-state index in [0.29, 0.717) is 12.1 Å². The number of hydrogen-bond donors (Lipinski definition) is 1. The summed E-state index contributed by atoms with van der Waals surface area (Å²) >= 11 is 0. The average molecular weight is 276 g/mol. The highest BCUT2D eigenvalue weighted by Crippen LogP contribution is 2.34. The second kappa shape index (κ2) is 3.90. The lowest BCUT2D eigenvalue weighted by atomic mass is 10.2. The van der Waals surface area contributed by atoms with Crippen molar-refractivity contribution in [3.05, 3.63) is 38.2 Å². The number of aromatic amines is 1. The van der Waals surface area contributed by atoms with Crippen molar-refractivity contribution in [1.29, 1.82) is 0 Å². The predicted octanol–water partition coefficient (Wildman–Crippen LogP) is 2.40. The molecule has 19 heavy (non-hydrogen) atoms. The number of fused-ring (bicyclic) bond motifs is 1. The molecule has 0 radical (unpaired) electrons. The van der Waals surface area contributed by atoms with Gasteiger partial charge in [0.1, 0.15) is 0 Å². The van der Waals surface area contributed by atoms with Crippen molar-refractivity contribution in [1.82, 2.24) is 9.97 Å². The zero-order chi connectivity index (χ0) is 14.4. The molecule has 0 unspecified atom stereocenters. The Hall–Kier alpha value is -2.72. The van der Waals surface area contributed by atoms with Crippen molar-refractivity contribution in [2.24, 2.45) is 0 Å². The molecule has 0 atom stereocenters. The first-order chi connectivity index (χ1) is 8.70. The number of benzene rings is 1. The van der Waals surface area contributed by atoms with Crippen LogP contribution < -0.4 is 0 Å². The molecule has 0 spiro atoms. The van der Waals surface area contributed by atoms with Crippen LogP contribution in [0.2, 0.25) is 0 Å². The summed E-state index contributed by atoms with van der Waals surface area (Å²) in [5.41, 5.74) is -2.50. The molecule has 2 rings (SSSR count). The SMILES string of the molecule is O=[N+]([O-])c1cc2nc(C(F)(F)F)[nH]c2cc1[N+](=O)[O-]. The molecule has 1 aromatic heterocycles. The molecule has 0 aliphatic heterocycles. The van der Waals surface area contributed by atoms with E-state index in [2.05, 4.69) is 4.98 Å². The Morgan fingerprint density at radius 1 is 1.11 bits per heavy atom. The van der Waals surface area contributed by atoms with E-state index < -0.39 is 33.2 Å². The molecular weight excluding hydrogens is 273 g/mol. The van der Waals surface area contributed by atoms with Gasteiger partial charge in [-0.15, -0.1) is 0 Å². The number of rotatable bonds is 2. The second-order valence-electron chi connectivity index (χ2n) is 3.46. The molecule has 0 aliphatic rings. The molecule has 0 amide bonds. The Bertz CT molecular complexity index is 642. The first-order valence-electron chi connectivity index (χ1n) is 4.60. The topological polar surface area (TPSA) is 115 Å². The highest BCUT2D eigenvalue weighted by atomic mass is 19.4. The molecule has 0 saturated carbocycles. The normalized spacial score (nSPS) is 11.7. The van der Waals surface area contributed by atoms with Crippen molar-refractivity contribution >= 4 is 22.4 Å². The highest BCUT2D eigenvalue weighted by Gasteiger charge is 2.36. The number of alkyl halides is 3. The third-order valence-electron chi connectivity index (χ3n) is 2.24. The van der Waals surface area contributed by atoms with Crippen LogP contribution in [-0.4, -0.2) is 19.8 Å². The van der Waals surface area contributed by atoms with Crippen LogP contribution in [-0.2, 0) is 6.18 Å². The summed E-state index contributed by atoms with van der Waals surface area (Å²) in [6, 6.07) is 1.27. The molecular formula is C8H3F3N4O4. The standard InChI is InChI=1S/C8H3F3N4O4/c9-8(10,11)7-12-3-1-5(14(16)17)6(15(18)19)2-4(3)13-7/h1-2H,(H,12,13). The minimum absolute atomic E-state index is 0.301. The number of nitrogens with zero attached hydrogens (tertiary/aromatic N) is 3. The summed E-state index contributed by atoms with van der Waals surface area (Å²) in [7, 11) is 0. The van der Waals surface area contributed by atoms with Gasteiger partial charge in [0.05, 0.1) is 26.9 Å². The van der Waals surface area contributed by atoms with Gasteiger partial charge in [-0.1, -0.05) is 0 Å². The van der Waals surface area contributed by atoms with Crippen molar-refractivity contribution in [2.75, 3.05) is 0 Å². The van der Waals surface area contributed by atoms with Crippen LogP contribution in [0, 0.1) is 20.2 Å². The van der Waals surface area contributed by atoms with Gasteiger partial charge in [0, 0.05) is 6.07 Å². The number of nitrogens with one attached hydrogen (secondary N) is 1. The molecule has 0 saturated heterocycles. The Morgan fingerprint density at radius 3 is 2.11 bits per heavy atom. The smallest absolute Gasteiger partial charge is 0.334 e. The number of H-pyrrole nitrogens is 1. The van der Waals surface area contributed by atoms with Gasteiger partial charge in [0.15, 0.2) is 0 Å². The zero-order valence-electron chi connectivity index (χ0n) is 8.76. The maximum absolute atomic E-state index is 12.4. The lowest BCUT2D eigenvalue weighted by Crippen LogP contribution is -2.06. The Morgan fingerprint density at radius 2 is 1.63 bits per heavy atom. The number of imidazole rings is 1. The molecule has 1 heterocycles. The van der Waals surface area contributed by atoms with Crippen LogP contribution in [0.3, 0.4) is 0 Å². The monoisotopic (exact) mass is 276 g/mol. The van der Waals surface area contributed by atoms with Crippen molar-refractivity contribution < 1.29 is 23.0 Å². The summed E-state index contributed by atoms with van der Waals surface area (Å²) in [6.07, 6.45) is -4.78. The molecule has 2 aromatic rings. The van der Waals surface area contributed by atoms with Crippen molar-refractivity contribution in [2.45, 2.75) is 6.18 Å². The zero-order valence-corrected chi connectivity index (χ0v) is 8.76. The average Bonchev–Trinajstić information content (AvgIpc) is 2.69. The number of nitro groups is 2. The fourth-order valence-corrected chi connectivity index (χ4v) is 1.46. The van der Waals surface area contributed by atoms with E-state index in [-0.39, 0.29) is 11.0 Å². The van der Waals surface area contributed by atoms with E-state index in [9.17, 15) is 33.4 Å². The third kappa shape index (κ3) is 2.17. The third-order valence-corrected chi connectivity index (χ3v) is 2.24. The van der Waals surface area contributed by atoms with E-state index in [1.54, 1.807) is 0 Å². The number of halogens is 3. The van der Waals surface area contributed by atoms with Crippen LogP contribution in [0.15, 0.2) is 12.1 Å². The second-order valence-corrected chi connectivity index (χ2v) is 3.46. The molecule has 11 heteroatoms. The molecule has 8 nitrogen and oxygen atoms in total. The summed E-state index contributed by atoms with van der Waals surface area (Å²) in [6.45, 7) is 0. The van der Waals surface area contributed by atoms with E-state index in [4.69, 9.17) is 0 Å². The van der Waals surface area contributed by atoms with Crippen LogP contribution in [0.25, 0.3) is 11.0 Å². The summed E-state index contributed by atoms with van der Waals surface area (Å²) in [5.74, 6) is -1.38. The van der Waals surface area contributed by atoms with Gasteiger partial charge in [-0.2, -0.15) is 13.2 Å². The molecule has 0 bridgehead atoms. The van der Waals surface area contributed by atoms with Gasteiger partial charge >= 0.3 is 17.6 Å². The number of hydrogen-bond acceptors (Lipinski definition) is 5. The van der Waals surface area contributed by atoms with Crippen LogP contribution in [0.1, 0.15) is 5.82 Å². The molecule has 1 aromatic carbocycles. The quantitative estimate of drug-likeness (QED) is 0.667. The fourth-order valence-electron chi connectivity index (χ4n) is 1.46. The lowest BCUT2D eigenvalue weighted by molar-refractivity contribution is -0.422. The fraction of sp³-hybridized carbons (Fsp3) is 0.125. The van der Waals surface area contributed by atoms with Gasteiger partial charge in [-0.3, -0.25) is 20.2 Å². The Kier molecular flexibility index (Phi) is 2.61. The first-order valence-corrected chi connectivity index (χ1v) is 4.60. The Balaban J connectivity index is 2.74. The van der Waals surface area contributed by atoms with Gasteiger partial charge in [-0.05, 0) is 0 Å². The van der Waals surface area contributed by atoms with Crippen LogP contribution in [0.5, 0.6) is 0 Å². The van der Waals surface area contributed by atoms with Crippen molar-refractivity contribution in [3.63, 3.8) is 0 Å².